The zero-order valence-corrected chi connectivity index (χ0v) is 19.4. The first-order valence-electron chi connectivity index (χ1n) is 9.89. The highest BCUT2D eigenvalue weighted by atomic mass is 35.5. The first-order valence-corrected chi connectivity index (χ1v) is 10.6. The highest BCUT2D eigenvalue weighted by molar-refractivity contribution is 6.39. The largest absolute Gasteiger partial charge is 0.483 e. The SMILES string of the molecule is CNCc1ccc(N(OCC(=O)O)C(=O)COc2cc(C(=O)O)cc3cc(Cl)cc(Cl)c23)cc1. The summed E-state index contributed by atoms with van der Waals surface area (Å²) in [6.07, 6.45) is 0. The maximum Gasteiger partial charge on any atom is 0.335 e. The number of nitrogens with one attached hydrogen (secondary N) is 1. The molecule has 0 aromatic heterocycles. The Bertz CT molecular complexity index is 1230. The second kappa shape index (κ2) is 11.2. The summed E-state index contributed by atoms with van der Waals surface area (Å²) in [7, 11) is 1.79. The van der Waals surface area contributed by atoms with Crippen molar-refractivity contribution in [3.8, 4) is 5.75 Å². The Balaban J connectivity index is 1.90. The average Bonchev–Trinajstić information content (AvgIpc) is 2.78. The normalized spacial score (nSPS) is 10.8. The smallest absolute Gasteiger partial charge is 0.335 e. The number of halogens is 2. The lowest BCUT2D eigenvalue weighted by Gasteiger charge is -2.22. The predicted octanol–water partition coefficient (Wildman–Crippen LogP) is 3.99. The number of hydroxylamine groups is 1. The molecule has 9 nitrogen and oxygen atoms in total. The Morgan fingerprint density at radius 3 is 2.32 bits per heavy atom. The average molecular weight is 507 g/mol. The van der Waals surface area contributed by atoms with Gasteiger partial charge in [-0.25, -0.2) is 9.59 Å². The van der Waals surface area contributed by atoms with Crippen LogP contribution in [0.3, 0.4) is 0 Å². The van der Waals surface area contributed by atoms with E-state index in [9.17, 15) is 19.5 Å². The van der Waals surface area contributed by atoms with Crippen molar-refractivity contribution >= 4 is 57.5 Å². The fourth-order valence-electron chi connectivity index (χ4n) is 3.19. The summed E-state index contributed by atoms with van der Waals surface area (Å²) in [5, 5.41) is 23.5. The summed E-state index contributed by atoms with van der Waals surface area (Å²) in [6, 6.07) is 12.3. The van der Waals surface area contributed by atoms with Gasteiger partial charge in [0.15, 0.2) is 13.2 Å². The summed E-state index contributed by atoms with van der Waals surface area (Å²) in [6.45, 7) is -0.744. The lowest BCUT2D eigenvalue weighted by molar-refractivity contribution is -0.145. The van der Waals surface area contributed by atoms with Crippen LogP contribution in [-0.4, -0.2) is 48.3 Å². The van der Waals surface area contributed by atoms with Gasteiger partial charge in [0.25, 0.3) is 5.91 Å². The number of rotatable bonds is 10. The molecule has 0 bridgehead atoms. The number of hydrogen-bond donors (Lipinski definition) is 3. The zero-order valence-electron chi connectivity index (χ0n) is 17.9. The van der Waals surface area contributed by atoms with Crippen LogP contribution in [0.2, 0.25) is 10.0 Å². The van der Waals surface area contributed by atoms with Crippen molar-refractivity contribution < 1.29 is 34.2 Å². The number of anilines is 1. The molecule has 0 saturated heterocycles. The van der Waals surface area contributed by atoms with Crippen LogP contribution in [-0.2, 0) is 21.0 Å². The van der Waals surface area contributed by atoms with Crippen LogP contribution in [0.4, 0.5) is 5.69 Å². The first kappa shape index (κ1) is 25.3. The van der Waals surface area contributed by atoms with E-state index in [1.54, 1.807) is 31.3 Å². The van der Waals surface area contributed by atoms with E-state index in [1.165, 1.54) is 24.3 Å². The number of carboxylic acid groups (broad SMARTS) is 2. The van der Waals surface area contributed by atoms with E-state index in [0.29, 0.717) is 28.0 Å². The van der Waals surface area contributed by atoms with Crippen molar-refractivity contribution in [2.24, 2.45) is 0 Å². The molecule has 0 aliphatic rings. The van der Waals surface area contributed by atoms with Gasteiger partial charge in [-0.1, -0.05) is 35.3 Å². The number of ether oxygens (including phenoxy) is 1. The standard InChI is InChI=1S/C23H20Cl2N2O7/c1-26-10-13-2-4-17(5-3-13)27(34-12-21(29)30)20(28)11-33-19-8-15(23(31)32)6-14-7-16(24)9-18(25)22(14)19/h2-9,26H,10-12H2,1H3,(H,29,30)(H,31,32). The summed E-state index contributed by atoms with van der Waals surface area (Å²) in [5.41, 5.74) is 1.15. The topological polar surface area (TPSA) is 125 Å². The molecule has 3 aromatic carbocycles. The van der Waals surface area contributed by atoms with E-state index in [1.807, 2.05) is 0 Å². The second-order valence-electron chi connectivity index (χ2n) is 7.11. The minimum Gasteiger partial charge on any atom is -0.483 e. The molecule has 0 spiro atoms. The van der Waals surface area contributed by atoms with Crippen LogP contribution >= 0.6 is 23.2 Å². The van der Waals surface area contributed by atoms with E-state index < -0.39 is 31.1 Å². The number of fused-ring (bicyclic) bond motifs is 1. The fourth-order valence-corrected chi connectivity index (χ4v) is 3.79. The quantitative estimate of drug-likeness (QED) is 0.352. The Morgan fingerprint density at radius 2 is 1.71 bits per heavy atom. The molecule has 178 valence electrons. The fraction of sp³-hybridized carbons (Fsp3) is 0.174. The molecule has 11 heteroatoms. The number of hydrogen-bond acceptors (Lipinski definition) is 6. The third kappa shape index (κ3) is 6.15. The molecule has 0 fully saturated rings. The molecular weight excluding hydrogens is 487 g/mol. The summed E-state index contributed by atoms with van der Waals surface area (Å²) >= 11 is 12.3. The Hall–Kier alpha value is -3.37. The number of aromatic carboxylic acids is 1. The van der Waals surface area contributed by atoms with Gasteiger partial charge in [0.05, 0.1) is 16.3 Å². The van der Waals surface area contributed by atoms with Gasteiger partial charge in [0.2, 0.25) is 0 Å². The number of aliphatic carboxylic acids is 1. The number of carbonyl (C=O) groups is 3. The zero-order chi connectivity index (χ0) is 24.8. The Kier molecular flexibility index (Phi) is 8.30. The van der Waals surface area contributed by atoms with E-state index in [4.69, 9.17) is 37.9 Å². The van der Waals surface area contributed by atoms with Crippen LogP contribution < -0.4 is 15.1 Å². The van der Waals surface area contributed by atoms with Gasteiger partial charge >= 0.3 is 11.9 Å². The van der Waals surface area contributed by atoms with E-state index in [0.717, 1.165) is 10.6 Å². The number of nitrogens with zero attached hydrogens (tertiary/aromatic N) is 1. The summed E-state index contributed by atoms with van der Waals surface area (Å²) in [5.74, 6) is -3.15. The van der Waals surface area contributed by atoms with Gasteiger partial charge in [-0.3, -0.25) is 9.63 Å². The van der Waals surface area contributed by atoms with E-state index in [-0.39, 0.29) is 16.3 Å². The number of carboxylic acids is 2. The minimum absolute atomic E-state index is 0.0486. The predicted molar refractivity (Wildman–Crippen MR) is 127 cm³/mol. The van der Waals surface area contributed by atoms with Crippen LogP contribution in [0.15, 0.2) is 48.5 Å². The molecule has 3 aromatic rings. The van der Waals surface area contributed by atoms with Crippen LogP contribution in [0.1, 0.15) is 15.9 Å². The van der Waals surface area contributed by atoms with Crippen molar-refractivity contribution in [2.75, 3.05) is 25.3 Å². The second-order valence-corrected chi connectivity index (χ2v) is 7.95. The third-order valence-corrected chi connectivity index (χ3v) is 5.14. The Labute approximate surface area is 204 Å². The van der Waals surface area contributed by atoms with Crippen LogP contribution in [0.25, 0.3) is 10.8 Å². The highest BCUT2D eigenvalue weighted by Crippen LogP contribution is 2.36. The highest BCUT2D eigenvalue weighted by Gasteiger charge is 2.21. The molecule has 0 aliphatic carbocycles. The molecule has 0 radical (unpaired) electrons. The van der Waals surface area contributed by atoms with E-state index >= 15 is 0 Å². The van der Waals surface area contributed by atoms with E-state index in [2.05, 4.69) is 5.32 Å². The van der Waals surface area contributed by atoms with Crippen molar-refractivity contribution in [1.29, 1.82) is 0 Å². The molecular formula is C23H20Cl2N2O7. The molecule has 0 unspecified atom stereocenters. The molecule has 0 heterocycles. The van der Waals surface area contributed by atoms with Gasteiger partial charge in [0, 0.05) is 17.0 Å². The molecule has 3 rings (SSSR count). The van der Waals surface area contributed by atoms with Crippen LogP contribution in [0.5, 0.6) is 5.75 Å². The lowest BCUT2D eigenvalue weighted by Crippen LogP contribution is -2.36. The summed E-state index contributed by atoms with van der Waals surface area (Å²) in [4.78, 5) is 40.7. The molecule has 34 heavy (non-hydrogen) atoms. The van der Waals surface area contributed by atoms with Crippen molar-refractivity contribution in [1.82, 2.24) is 5.32 Å². The van der Waals surface area contributed by atoms with Gasteiger partial charge in [-0.05, 0) is 54.4 Å². The number of amides is 1. The monoisotopic (exact) mass is 506 g/mol. The van der Waals surface area contributed by atoms with Gasteiger partial charge in [-0.15, -0.1) is 0 Å². The van der Waals surface area contributed by atoms with Crippen molar-refractivity contribution in [3.05, 3.63) is 69.7 Å². The third-order valence-electron chi connectivity index (χ3n) is 4.62. The lowest BCUT2D eigenvalue weighted by atomic mass is 10.1. The first-order chi connectivity index (χ1) is 16.2. The maximum atomic E-state index is 12.9. The number of benzene rings is 3. The molecule has 3 N–H and O–H groups in total. The van der Waals surface area contributed by atoms with Gasteiger partial charge in [0.1, 0.15) is 5.75 Å². The van der Waals surface area contributed by atoms with Gasteiger partial charge < -0.3 is 20.3 Å². The van der Waals surface area contributed by atoms with Gasteiger partial charge in [-0.2, -0.15) is 5.06 Å². The molecule has 1 amide bonds. The molecule has 0 atom stereocenters. The van der Waals surface area contributed by atoms with Crippen molar-refractivity contribution in [3.63, 3.8) is 0 Å². The molecule has 0 aliphatic heterocycles. The van der Waals surface area contributed by atoms with Crippen molar-refractivity contribution in [2.45, 2.75) is 6.54 Å². The Morgan fingerprint density at radius 1 is 1.00 bits per heavy atom. The maximum absolute atomic E-state index is 12.9. The summed E-state index contributed by atoms with van der Waals surface area (Å²) < 4.78 is 5.64. The van der Waals surface area contributed by atoms with Crippen LogP contribution in [0, 0.1) is 0 Å². The molecule has 0 saturated carbocycles. The number of carbonyl (C=O) groups excluding carboxylic acids is 1. The minimum atomic E-state index is -1.27.